The van der Waals surface area contributed by atoms with Crippen LogP contribution in [0.4, 0.5) is 0 Å². The topological polar surface area (TPSA) is 93.7 Å². The number of morpholine rings is 1. The van der Waals surface area contributed by atoms with Crippen molar-refractivity contribution in [2.75, 3.05) is 67.8 Å². The molecule has 0 aliphatic carbocycles. The zero-order chi connectivity index (χ0) is 22.5. The molecule has 0 aromatic heterocycles. The molecule has 1 unspecified atom stereocenters. The maximum absolute atomic E-state index is 11.2. The number of rotatable bonds is 11. The number of esters is 1. The second-order valence-corrected chi connectivity index (χ2v) is 7.19. The van der Waals surface area contributed by atoms with E-state index < -0.39 is 0 Å². The van der Waals surface area contributed by atoms with Gasteiger partial charge >= 0.3 is 5.97 Å². The summed E-state index contributed by atoms with van der Waals surface area (Å²) in [6.07, 6.45) is 2.07. The Labute approximate surface area is 208 Å². The Morgan fingerprint density at radius 3 is 2.47 bits per heavy atom. The lowest BCUT2D eigenvalue weighted by molar-refractivity contribution is -0.140. The molecule has 1 fully saturated rings. The molecule has 182 valence electrons. The summed E-state index contributed by atoms with van der Waals surface area (Å²) in [5.41, 5.74) is 1.14. The average Bonchev–Trinajstić information content (AvgIpc) is 2.82. The van der Waals surface area contributed by atoms with E-state index in [1.165, 1.54) is 7.11 Å². The maximum Gasteiger partial charge on any atom is 0.305 e. The van der Waals surface area contributed by atoms with E-state index in [4.69, 9.17) is 14.2 Å². The molecule has 0 spiro atoms. The molecular formula is C22H37IN4O5. The maximum atomic E-state index is 11.2. The van der Waals surface area contributed by atoms with Crippen LogP contribution in [0.25, 0.3) is 0 Å². The van der Waals surface area contributed by atoms with E-state index in [9.17, 15) is 4.79 Å². The monoisotopic (exact) mass is 564 g/mol. The minimum absolute atomic E-state index is 0. The van der Waals surface area contributed by atoms with Gasteiger partial charge in [0.15, 0.2) is 17.5 Å². The van der Waals surface area contributed by atoms with Crippen molar-refractivity contribution in [3.05, 3.63) is 23.8 Å². The summed E-state index contributed by atoms with van der Waals surface area (Å²) in [6.45, 7) is 4.57. The fourth-order valence-electron chi connectivity index (χ4n) is 3.52. The summed E-state index contributed by atoms with van der Waals surface area (Å²) in [5.74, 6) is 1.98. The lowest BCUT2D eigenvalue weighted by Gasteiger charge is -2.35. The van der Waals surface area contributed by atoms with Crippen LogP contribution in [0.2, 0.25) is 0 Å². The Morgan fingerprint density at radius 2 is 1.84 bits per heavy atom. The summed E-state index contributed by atoms with van der Waals surface area (Å²) >= 11 is 0. The highest BCUT2D eigenvalue weighted by Crippen LogP contribution is 2.32. The number of guanidine groups is 1. The van der Waals surface area contributed by atoms with Gasteiger partial charge in [-0.2, -0.15) is 0 Å². The molecule has 1 heterocycles. The first-order chi connectivity index (χ1) is 15.1. The Hall–Kier alpha value is -1.79. The van der Waals surface area contributed by atoms with Gasteiger partial charge in [-0.1, -0.05) is 6.07 Å². The molecule has 1 aromatic carbocycles. The van der Waals surface area contributed by atoms with Gasteiger partial charge in [0.25, 0.3) is 0 Å². The molecule has 32 heavy (non-hydrogen) atoms. The van der Waals surface area contributed by atoms with Crippen molar-refractivity contribution in [3.8, 4) is 11.5 Å². The van der Waals surface area contributed by atoms with Gasteiger partial charge in [-0.05, 0) is 30.5 Å². The number of hydrogen-bond donors (Lipinski definition) is 2. The quantitative estimate of drug-likeness (QED) is 0.139. The SMILES string of the molecule is CN=C(NCCCCC(=O)OC)NCC(c1ccc(OC)c(OC)c1)N1CCOCC1.I. The molecule has 1 saturated heterocycles. The average molecular weight is 564 g/mol. The molecule has 9 nitrogen and oxygen atoms in total. The van der Waals surface area contributed by atoms with E-state index in [0.717, 1.165) is 57.2 Å². The predicted molar refractivity (Wildman–Crippen MR) is 135 cm³/mol. The third-order valence-corrected chi connectivity index (χ3v) is 5.29. The largest absolute Gasteiger partial charge is 0.493 e. The zero-order valence-electron chi connectivity index (χ0n) is 19.5. The lowest BCUT2D eigenvalue weighted by atomic mass is 10.0. The first-order valence-electron chi connectivity index (χ1n) is 10.7. The van der Waals surface area contributed by atoms with Gasteiger partial charge in [-0.25, -0.2) is 0 Å². The van der Waals surface area contributed by atoms with E-state index >= 15 is 0 Å². The number of carbonyl (C=O) groups is 1. The first-order valence-corrected chi connectivity index (χ1v) is 10.7. The molecule has 1 aromatic rings. The Morgan fingerprint density at radius 1 is 1.12 bits per heavy atom. The minimum Gasteiger partial charge on any atom is -0.493 e. The summed E-state index contributed by atoms with van der Waals surface area (Å²) in [6, 6.07) is 6.17. The minimum atomic E-state index is -0.175. The fraction of sp³-hybridized carbons (Fsp3) is 0.636. The number of halogens is 1. The van der Waals surface area contributed by atoms with Crippen molar-refractivity contribution in [1.29, 1.82) is 0 Å². The van der Waals surface area contributed by atoms with E-state index in [2.05, 4.69) is 31.3 Å². The lowest BCUT2D eigenvalue weighted by Crippen LogP contribution is -2.46. The highest BCUT2D eigenvalue weighted by Gasteiger charge is 2.24. The van der Waals surface area contributed by atoms with Gasteiger partial charge < -0.3 is 29.6 Å². The van der Waals surface area contributed by atoms with E-state index in [1.54, 1.807) is 21.3 Å². The normalized spacial score (nSPS) is 15.3. The van der Waals surface area contributed by atoms with Crippen molar-refractivity contribution < 1.29 is 23.7 Å². The van der Waals surface area contributed by atoms with Crippen LogP contribution >= 0.6 is 24.0 Å². The Balaban J connectivity index is 0.00000512. The zero-order valence-corrected chi connectivity index (χ0v) is 21.8. The van der Waals surface area contributed by atoms with Crippen LogP contribution in [0, 0.1) is 0 Å². The number of nitrogens with one attached hydrogen (secondary N) is 2. The van der Waals surface area contributed by atoms with Crippen molar-refractivity contribution in [1.82, 2.24) is 15.5 Å². The van der Waals surface area contributed by atoms with Crippen LogP contribution in [0.1, 0.15) is 30.9 Å². The fourth-order valence-corrected chi connectivity index (χ4v) is 3.52. The van der Waals surface area contributed by atoms with Crippen LogP contribution in [-0.2, 0) is 14.3 Å². The van der Waals surface area contributed by atoms with E-state index in [1.807, 2.05) is 12.1 Å². The molecule has 2 N–H and O–H groups in total. The van der Waals surface area contributed by atoms with Crippen LogP contribution in [0.5, 0.6) is 11.5 Å². The smallest absolute Gasteiger partial charge is 0.305 e. The highest BCUT2D eigenvalue weighted by atomic mass is 127. The van der Waals surface area contributed by atoms with Crippen molar-refractivity contribution in [2.45, 2.75) is 25.3 Å². The van der Waals surface area contributed by atoms with Gasteiger partial charge in [0.05, 0.1) is 40.6 Å². The Kier molecular flexibility index (Phi) is 14.1. The molecule has 10 heteroatoms. The van der Waals surface area contributed by atoms with Crippen LogP contribution in [0.15, 0.2) is 23.2 Å². The van der Waals surface area contributed by atoms with E-state index in [0.29, 0.717) is 24.5 Å². The summed E-state index contributed by atoms with van der Waals surface area (Å²) < 4.78 is 21.1. The second-order valence-electron chi connectivity index (χ2n) is 7.19. The number of ether oxygens (including phenoxy) is 4. The summed E-state index contributed by atoms with van der Waals surface area (Å²) in [5, 5.41) is 6.75. The molecule has 2 rings (SSSR count). The van der Waals surface area contributed by atoms with Crippen LogP contribution in [0.3, 0.4) is 0 Å². The molecule has 1 aliphatic heterocycles. The van der Waals surface area contributed by atoms with Crippen LogP contribution < -0.4 is 20.1 Å². The molecule has 1 atom stereocenters. The number of methoxy groups -OCH3 is 3. The molecule has 0 bridgehead atoms. The standard InChI is InChI=1S/C22H36N4O5.HI/c1-23-22(24-10-6-5-7-21(27)30-4)25-16-18(26-11-13-31-14-12-26)17-8-9-19(28-2)20(15-17)29-3;/h8-9,15,18H,5-7,10-14,16H2,1-4H3,(H2,23,24,25);1H. The highest BCUT2D eigenvalue weighted by molar-refractivity contribution is 14.0. The number of carbonyl (C=O) groups excluding carboxylic acids is 1. The first kappa shape index (κ1) is 28.2. The predicted octanol–water partition coefficient (Wildman–Crippen LogP) is 2.20. The Bertz CT molecular complexity index is 714. The molecule has 0 radical (unpaired) electrons. The van der Waals surface area contributed by atoms with Gasteiger partial charge in [0.2, 0.25) is 0 Å². The van der Waals surface area contributed by atoms with Crippen molar-refractivity contribution in [3.63, 3.8) is 0 Å². The molecule has 1 aliphatic rings. The van der Waals surface area contributed by atoms with Crippen LogP contribution in [-0.4, -0.2) is 84.6 Å². The summed E-state index contributed by atoms with van der Waals surface area (Å²) in [4.78, 5) is 17.9. The molecular weight excluding hydrogens is 527 g/mol. The number of aliphatic imine (C=N–C) groups is 1. The third-order valence-electron chi connectivity index (χ3n) is 5.29. The van der Waals surface area contributed by atoms with E-state index in [-0.39, 0.29) is 36.0 Å². The third kappa shape index (κ3) is 8.99. The van der Waals surface area contributed by atoms with Gasteiger partial charge in [-0.3, -0.25) is 14.7 Å². The van der Waals surface area contributed by atoms with Crippen molar-refractivity contribution >= 4 is 35.9 Å². The van der Waals surface area contributed by atoms with Gasteiger partial charge in [0, 0.05) is 39.6 Å². The number of hydrogen-bond acceptors (Lipinski definition) is 7. The second kappa shape index (κ2) is 15.9. The molecule has 0 saturated carbocycles. The summed E-state index contributed by atoms with van der Waals surface area (Å²) in [7, 11) is 6.45. The number of unbranched alkanes of at least 4 members (excludes halogenated alkanes) is 1. The van der Waals surface area contributed by atoms with Crippen molar-refractivity contribution in [2.24, 2.45) is 4.99 Å². The number of nitrogens with zero attached hydrogens (tertiary/aromatic N) is 2. The van der Waals surface area contributed by atoms with Gasteiger partial charge in [-0.15, -0.1) is 24.0 Å². The molecule has 0 amide bonds. The number of benzene rings is 1. The van der Waals surface area contributed by atoms with Gasteiger partial charge in [0.1, 0.15) is 0 Å².